The second-order valence-electron chi connectivity index (χ2n) is 5.71. The lowest BCUT2D eigenvalue weighted by Crippen LogP contribution is -2.29. The number of amides is 1. The molecule has 25 heavy (non-hydrogen) atoms. The molecule has 3 rings (SSSR count). The van der Waals surface area contributed by atoms with Gasteiger partial charge in [-0.05, 0) is 25.1 Å². The molecule has 3 aromatic rings. The smallest absolute Gasteiger partial charge is 0.225 e. The Kier molecular flexibility index (Phi) is 4.61. The highest BCUT2D eigenvalue weighted by Gasteiger charge is 2.22. The van der Waals surface area contributed by atoms with Crippen LogP contribution in [-0.4, -0.2) is 29.5 Å². The van der Waals surface area contributed by atoms with Crippen molar-refractivity contribution in [3.05, 3.63) is 53.9 Å². The number of imidazole rings is 1. The van der Waals surface area contributed by atoms with Crippen LogP contribution in [0.15, 0.2) is 42.6 Å². The lowest BCUT2D eigenvalue weighted by molar-refractivity contribution is -0.116. The van der Waals surface area contributed by atoms with Crippen LogP contribution in [0.2, 0.25) is 0 Å². The van der Waals surface area contributed by atoms with Gasteiger partial charge in [0.25, 0.3) is 0 Å². The number of methoxy groups -OCH3 is 2. The monoisotopic (exact) mass is 339 g/mol. The molecule has 0 atom stereocenters. The van der Waals surface area contributed by atoms with Gasteiger partial charge >= 0.3 is 0 Å². The Bertz CT molecular complexity index is 917. The third kappa shape index (κ3) is 3.03. The quantitative estimate of drug-likeness (QED) is 0.716. The molecule has 0 unspecified atom stereocenters. The molecule has 0 fully saturated rings. The molecular weight excluding hydrogens is 318 g/mol. The fourth-order valence-corrected chi connectivity index (χ4v) is 3.01. The molecule has 0 aliphatic heterocycles. The Labute approximate surface area is 146 Å². The molecule has 2 aromatic heterocycles. The van der Waals surface area contributed by atoms with Crippen molar-refractivity contribution < 1.29 is 14.3 Å². The average molecular weight is 339 g/mol. The summed E-state index contributed by atoms with van der Waals surface area (Å²) in [6.07, 6.45) is 1.91. The van der Waals surface area contributed by atoms with E-state index in [1.54, 1.807) is 26.0 Å². The van der Waals surface area contributed by atoms with Crippen LogP contribution in [0, 0.1) is 6.92 Å². The van der Waals surface area contributed by atoms with Crippen LogP contribution in [0.5, 0.6) is 11.5 Å². The van der Waals surface area contributed by atoms with E-state index in [2.05, 4.69) is 4.98 Å². The fraction of sp³-hybridized carbons (Fsp3) is 0.263. The van der Waals surface area contributed by atoms with Gasteiger partial charge in [-0.15, -0.1) is 0 Å². The Morgan fingerprint density at radius 1 is 1.16 bits per heavy atom. The maximum absolute atomic E-state index is 12.4. The summed E-state index contributed by atoms with van der Waals surface area (Å²) < 4.78 is 12.8. The number of carbonyl (C=O) groups is 1. The van der Waals surface area contributed by atoms with Gasteiger partial charge in [-0.25, -0.2) is 4.98 Å². The zero-order valence-electron chi connectivity index (χ0n) is 14.8. The maximum Gasteiger partial charge on any atom is 0.225 e. The van der Waals surface area contributed by atoms with E-state index in [-0.39, 0.29) is 5.91 Å². The van der Waals surface area contributed by atoms with Crippen molar-refractivity contribution in [3.8, 4) is 11.5 Å². The number of pyridine rings is 1. The molecule has 2 heterocycles. The molecule has 0 bridgehead atoms. The number of carbonyl (C=O) groups excluding carboxylic acids is 1. The van der Waals surface area contributed by atoms with Crippen molar-refractivity contribution >= 4 is 17.4 Å². The number of rotatable bonds is 5. The van der Waals surface area contributed by atoms with E-state index >= 15 is 0 Å². The Balaban J connectivity index is 2.09. The van der Waals surface area contributed by atoms with E-state index in [1.165, 1.54) is 0 Å². The van der Waals surface area contributed by atoms with Crippen molar-refractivity contribution in [2.75, 3.05) is 19.1 Å². The number of anilines is 1. The molecule has 0 spiro atoms. The van der Waals surface area contributed by atoms with E-state index in [0.29, 0.717) is 18.0 Å². The van der Waals surface area contributed by atoms with E-state index in [1.807, 2.05) is 53.9 Å². The first kappa shape index (κ1) is 16.8. The fourth-order valence-electron chi connectivity index (χ4n) is 3.01. The van der Waals surface area contributed by atoms with Crippen molar-refractivity contribution in [2.45, 2.75) is 20.4 Å². The first-order valence-corrected chi connectivity index (χ1v) is 7.98. The van der Waals surface area contributed by atoms with Gasteiger partial charge < -0.3 is 9.47 Å². The van der Waals surface area contributed by atoms with Gasteiger partial charge in [0.05, 0.1) is 26.5 Å². The number of hydrogen-bond donors (Lipinski definition) is 0. The third-order valence-corrected chi connectivity index (χ3v) is 4.12. The molecular formula is C19H21N3O3. The summed E-state index contributed by atoms with van der Waals surface area (Å²) in [5.41, 5.74) is 2.46. The summed E-state index contributed by atoms with van der Waals surface area (Å²) in [6.45, 7) is 3.81. The summed E-state index contributed by atoms with van der Waals surface area (Å²) in [7, 11) is 3.19. The summed E-state index contributed by atoms with van der Waals surface area (Å²) in [6, 6.07) is 11.4. The lowest BCUT2D eigenvalue weighted by Gasteiger charge is -2.23. The van der Waals surface area contributed by atoms with Gasteiger partial charge in [0, 0.05) is 18.7 Å². The van der Waals surface area contributed by atoms with E-state index in [9.17, 15) is 4.79 Å². The van der Waals surface area contributed by atoms with Gasteiger partial charge in [-0.1, -0.05) is 18.2 Å². The van der Waals surface area contributed by atoms with E-state index in [4.69, 9.17) is 9.47 Å². The SMILES string of the molecule is COc1cccc(CN(C(C)=O)c2c(C)nc3ccccn23)c1OC. The maximum atomic E-state index is 12.4. The first-order valence-electron chi connectivity index (χ1n) is 7.98. The molecule has 0 radical (unpaired) electrons. The highest BCUT2D eigenvalue weighted by Crippen LogP contribution is 2.33. The number of aromatic nitrogens is 2. The Morgan fingerprint density at radius 2 is 1.96 bits per heavy atom. The molecule has 130 valence electrons. The van der Waals surface area contributed by atoms with Gasteiger partial charge in [-0.3, -0.25) is 14.1 Å². The van der Waals surface area contributed by atoms with Gasteiger partial charge in [0.15, 0.2) is 11.5 Å². The number of hydrogen-bond acceptors (Lipinski definition) is 4. The van der Waals surface area contributed by atoms with Crippen LogP contribution in [-0.2, 0) is 11.3 Å². The average Bonchev–Trinajstić information content (AvgIpc) is 2.94. The lowest BCUT2D eigenvalue weighted by atomic mass is 10.1. The number of ether oxygens (including phenoxy) is 2. The Morgan fingerprint density at radius 3 is 2.64 bits per heavy atom. The summed E-state index contributed by atoms with van der Waals surface area (Å²) in [5.74, 6) is 1.95. The minimum atomic E-state index is -0.0707. The minimum absolute atomic E-state index is 0.0707. The highest BCUT2D eigenvalue weighted by atomic mass is 16.5. The summed E-state index contributed by atoms with van der Waals surface area (Å²) >= 11 is 0. The zero-order chi connectivity index (χ0) is 18.0. The third-order valence-electron chi connectivity index (χ3n) is 4.12. The van der Waals surface area contributed by atoms with Gasteiger partial charge in [-0.2, -0.15) is 0 Å². The molecule has 0 saturated heterocycles. The molecule has 0 aliphatic rings. The largest absolute Gasteiger partial charge is 0.493 e. The topological polar surface area (TPSA) is 56.1 Å². The molecule has 0 saturated carbocycles. The normalized spacial score (nSPS) is 10.7. The number of fused-ring (bicyclic) bond motifs is 1. The number of nitrogens with zero attached hydrogens (tertiary/aromatic N) is 3. The number of aryl methyl sites for hydroxylation is 1. The molecule has 0 aliphatic carbocycles. The van der Waals surface area contributed by atoms with Crippen molar-refractivity contribution in [3.63, 3.8) is 0 Å². The van der Waals surface area contributed by atoms with Crippen LogP contribution >= 0.6 is 0 Å². The zero-order valence-corrected chi connectivity index (χ0v) is 14.8. The number of benzene rings is 1. The predicted molar refractivity (Wildman–Crippen MR) is 96.3 cm³/mol. The number of para-hydroxylation sites is 1. The summed E-state index contributed by atoms with van der Waals surface area (Å²) in [4.78, 5) is 18.7. The van der Waals surface area contributed by atoms with Crippen molar-refractivity contribution in [1.82, 2.24) is 9.38 Å². The van der Waals surface area contributed by atoms with E-state index in [0.717, 1.165) is 22.7 Å². The van der Waals surface area contributed by atoms with Crippen molar-refractivity contribution in [2.24, 2.45) is 0 Å². The van der Waals surface area contributed by atoms with Crippen LogP contribution in [0.25, 0.3) is 5.65 Å². The van der Waals surface area contributed by atoms with Gasteiger partial charge in [0.1, 0.15) is 11.5 Å². The van der Waals surface area contributed by atoms with Crippen LogP contribution in [0.3, 0.4) is 0 Å². The molecule has 0 N–H and O–H groups in total. The first-order chi connectivity index (χ1) is 12.1. The second-order valence-corrected chi connectivity index (χ2v) is 5.71. The van der Waals surface area contributed by atoms with E-state index < -0.39 is 0 Å². The predicted octanol–water partition coefficient (Wildman–Crippen LogP) is 3.21. The molecule has 6 heteroatoms. The van der Waals surface area contributed by atoms with Crippen LogP contribution in [0.4, 0.5) is 5.82 Å². The summed E-state index contributed by atoms with van der Waals surface area (Å²) in [5, 5.41) is 0. The van der Waals surface area contributed by atoms with Crippen molar-refractivity contribution in [1.29, 1.82) is 0 Å². The van der Waals surface area contributed by atoms with Crippen LogP contribution in [0.1, 0.15) is 18.2 Å². The molecule has 6 nitrogen and oxygen atoms in total. The standard InChI is InChI=1S/C19H21N3O3/c1-13-19(21-11-6-5-10-17(21)20-13)22(14(2)23)12-15-8-7-9-16(24-3)18(15)25-4/h5-11H,12H2,1-4H3. The minimum Gasteiger partial charge on any atom is -0.493 e. The van der Waals surface area contributed by atoms with Crippen LogP contribution < -0.4 is 14.4 Å². The van der Waals surface area contributed by atoms with Gasteiger partial charge in [0.2, 0.25) is 5.91 Å². The highest BCUT2D eigenvalue weighted by molar-refractivity contribution is 5.91. The molecule has 1 amide bonds. The Hall–Kier alpha value is -3.02. The molecule has 1 aromatic carbocycles. The second kappa shape index (κ2) is 6.84.